The summed E-state index contributed by atoms with van der Waals surface area (Å²) >= 11 is 0. The van der Waals surface area contributed by atoms with Crippen LogP contribution in [0.3, 0.4) is 0 Å². The van der Waals surface area contributed by atoms with E-state index in [1.54, 1.807) is 42.3 Å². The van der Waals surface area contributed by atoms with Crippen molar-refractivity contribution in [2.75, 3.05) is 12.4 Å². The third-order valence-corrected chi connectivity index (χ3v) is 3.33. The second-order valence-electron chi connectivity index (χ2n) is 4.95. The number of furan rings is 1. The highest BCUT2D eigenvalue weighted by Crippen LogP contribution is 2.17. The lowest BCUT2D eigenvalue weighted by molar-refractivity contribution is 0.0589. The molecular formula is C15H15N5O4. The Labute approximate surface area is 136 Å². The smallest absolute Gasteiger partial charge is 0.358 e. The molecule has 0 unspecified atom stereocenters. The highest BCUT2D eigenvalue weighted by molar-refractivity contribution is 6.06. The van der Waals surface area contributed by atoms with Crippen molar-refractivity contribution in [2.24, 2.45) is 7.05 Å². The van der Waals surface area contributed by atoms with Crippen LogP contribution in [0.5, 0.6) is 0 Å². The number of anilines is 1. The fourth-order valence-electron chi connectivity index (χ4n) is 2.19. The predicted octanol–water partition coefficient (Wildman–Crippen LogP) is 1.30. The zero-order chi connectivity index (χ0) is 17.1. The summed E-state index contributed by atoms with van der Waals surface area (Å²) in [5.41, 5.74) is 0.397. The molecule has 0 saturated heterocycles. The molecule has 3 rings (SSSR count). The van der Waals surface area contributed by atoms with Crippen molar-refractivity contribution in [3.8, 4) is 0 Å². The van der Waals surface area contributed by atoms with Gasteiger partial charge in [0.25, 0.3) is 5.91 Å². The Balaban J connectivity index is 1.74. The Kier molecular flexibility index (Phi) is 4.15. The molecule has 0 aliphatic heterocycles. The Hall–Kier alpha value is -3.36. The normalized spacial score (nSPS) is 10.6. The number of nitrogens with zero attached hydrogens (tertiary/aromatic N) is 4. The van der Waals surface area contributed by atoms with Crippen LogP contribution in [0.1, 0.15) is 26.8 Å². The third-order valence-electron chi connectivity index (χ3n) is 3.33. The number of nitrogens with one attached hydrogen (secondary N) is 1. The van der Waals surface area contributed by atoms with Crippen molar-refractivity contribution >= 4 is 17.6 Å². The fraction of sp³-hybridized carbons (Fsp3) is 0.200. The van der Waals surface area contributed by atoms with E-state index in [1.807, 2.05) is 0 Å². The second-order valence-corrected chi connectivity index (χ2v) is 4.95. The number of aromatic nitrogens is 4. The van der Waals surface area contributed by atoms with Gasteiger partial charge < -0.3 is 14.5 Å². The van der Waals surface area contributed by atoms with Gasteiger partial charge in [-0.1, -0.05) is 0 Å². The summed E-state index contributed by atoms with van der Waals surface area (Å²) < 4.78 is 13.2. The maximum absolute atomic E-state index is 12.3. The summed E-state index contributed by atoms with van der Waals surface area (Å²) in [5, 5.41) is 10.6. The quantitative estimate of drug-likeness (QED) is 0.708. The molecule has 9 heteroatoms. The van der Waals surface area contributed by atoms with Crippen molar-refractivity contribution in [3.05, 3.63) is 54.0 Å². The average Bonchev–Trinajstić information content (AvgIpc) is 3.30. The molecule has 9 nitrogen and oxygen atoms in total. The van der Waals surface area contributed by atoms with Gasteiger partial charge in [-0.2, -0.15) is 10.2 Å². The van der Waals surface area contributed by atoms with Gasteiger partial charge in [-0.3, -0.25) is 14.2 Å². The third kappa shape index (κ3) is 3.05. The number of hydrogen-bond donors (Lipinski definition) is 1. The minimum atomic E-state index is -0.593. The molecule has 0 bridgehead atoms. The number of aryl methyl sites for hydroxylation is 1. The van der Waals surface area contributed by atoms with Crippen LogP contribution >= 0.6 is 0 Å². The number of carbonyl (C=O) groups is 2. The van der Waals surface area contributed by atoms with E-state index in [0.717, 1.165) is 0 Å². The number of carbonyl (C=O) groups excluding carboxylic acids is 2. The number of hydrogen-bond acceptors (Lipinski definition) is 6. The van der Waals surface area contributed by atoms with Gasteiger partial charge in [0.2, 0.25) is 0 Å². The molecule has 0 aliphatic rings. The Morgan fingerprint density at radius 3 is 2.88 bits per heavy atom. The molecule has 0 atom stereocenters. The number of ether oxygens (including phenoxy) is 1. The molecule has 1 amide bonds. The molecule has 0 saturated carbocycles. The number of methoxy groups -OCH3 is 1. The van der Waals surface area contributed by atoms with E-state index in [0.29, 0.717) is 12.3 Å². The highest BCUT2D eigenvalue weighted by Gasteiger charge is 2.21. The Morgan fingerprint density at radius 2 is 2.17 bits per heavy atom. The zero-order valence-corrected chi connectivity index (χ0v) is 13.1. The Bertz CT molecular complexity index is 862. The SMILES string of the molecule is COC(=O)c1c(NC(=O)c2ccc(Cn3cccn3)o2)cnn1C. The van der Waals surface area contributed by atoms with Crippen LogP contribution in [0.2, 0.25) is 0 Å². The maximum atomic E-state index is 12.3. The Morgan fingerprint density at radius 1 is 1.33 bits per heavy atom. The number of esters is 1. The maximum Gasteiger partial charge on any atom is 0.358 e. The van der Waals surface area contributed by atoms with Crippen molar-refractivity contribution in [2.45, 2.75) is 6.54 Å². The van der Waals surface area contributed by atoms with Crippen molar-refractivity contribution in [3.63, 3.8) is 0 Å². The molecule has 0 aromatic carbocycles. The van der Waals surface area contributed by atoms with Crippen LogP contribution < -0.4 is 5.32 Å². The molecule has 3 aromatic rings. The van der Waals surface area contributed by atoms with E-state index in [1.165, 1.54) is 18.0 Å². The highest BCUT2D eigenvalue weighted by atomic mass is 16.5. The molecule has 0 fully saturated rings. The van der Waals surface area contributed by atoms with Crippen molar-refractivity contribution in [1.82, 2.24) is 19.6 Å². The lowest BCUT2D eigenvalue weighted by Crippen LogP contribution is -2.16. The number of amides is 1. The first-order valence-electron chi connectivity index (χ1n) is 7.06. The molecular weight excluding hydrogens is 314 g/mol. The van der Waals surface area contributed by atoms with Crippen molar-refractivity contribution in [1.29, 1.82) is 0 Å². The molecule has 0 spiro atoms. The summed E-state index contributed by atoms with van der Waals surface area (Å²) in [7, 11) is 2.84. The largest absolute Gasteiger partial charge is 0.464 e. The van der Waals surface area contributed by atoms with Crippen LogP contribution in [0, 0.1) is 0 Å². The van der Waals surface area contributed by atoms with Gasteiger partial charge in [0.1, 0.15) is 5.76 Å². The first kappa shape index (κ1) is 15.5. The van der Waals surface area contributed by atoms with Crippen LogP contribution in [0.25, 0.3) is 0 Å². The van der Waals surface area contributed by atoms with E-state index < -0.39 is 11.9 Å². The summed E-state index contributed by atoms with van der Waals surface area (Å²) in [6, 6.07) is 5.05. The average molecular weight is 329 g/mol. The molecule has 3 aromatic heterocycles. The first-order chi connectivity index (χ1) is 11.6. The van der Waals surface area contributed by atoms with Gasteiger partial charge in [-0.05, 0) is 18.2 Å². The van der Waals surface area contributed by atoms with Gasteiger partial charge in [-0.25, -0.2) is 4.79 Å². The van der Waals surface area contributed by atoms with E-state index >= 15 is 0 Å². The molecule has 3 heterocycles. The molecule has 124 valence electrons. The predicted molar refractivity (Wildman–Crippen MR) is 82.5 cm³/mol. The zero-order valence-electron chi connectivity index (χ0n) is 13.1. The van der Waals surface area contributed by atoms with E-state index in [2.05, 4.69) is 20.3 Å². The van der Waals surface area contributed by atoms with Gasteiger partial charge >= 0.3 is 5.97 Å². The van der Waals surface area contributed by atoms with Gasteiger partial charge in [0.05, 0.1) is 25.5 Å². The van der Waals surface area contributed by atoms with Gasteiger partial charge in [0.15, 0.2) is 11.5 Å². The lowest BCUT2D eigenvalue weighted by atomic mass is 10.3. The molecule has 0 radical (unpaired) electrons. The second kappa shape index (κ2) is 6.41. The van der Waals surface area contributed by atoms with Gasteiger partial charge in [-0.15, -0.1) is 0 Å². The summed E-state index contributed by atoms with van der Waals surface area (Å²) in [5.74, 6) is -0.371. The van der Waals surface area contributed by atoms with Crippen LogP contribution in [0.4, 0.5) is 5.69 Å². The fourth-order valence-corrected chi connectivity index (χ4v) is 2.19. The molecule has 0 aliphatic carbocycles. The van der Waals surface area contributed by atoms with Crippen LogP contribution in [-0.2, 0) is 18.3 Å². The number of rotatable bonds is 5. The van der Waals surface area contributed by atoms with E-state index in [4.69, 9.17) is 4.42 Å². The first-order valence-corrected chi connectivity index (χ1v) is 7.06. The van der Waals surface area contributed by atoms with Gasteiger partial charge in [0, 0.05) is 19.4 Å². The lowest BCUT2D eigenvalue weighted by Gasteiger charge is -2.05. The minimum Gasteiger partial charge on any atom is -0.464 e. The van der Waals surface area contributed by atoms with Crippen LogP contribution in [-0.4, -0.2) is 38.5 Å². The molecule has 1 N–H and O–H groups in total. The van der Waals surface area contributed by atoms with Crippen LogP contribution in [0.15, 0.2) is 41.2 Å². The van der Waals surface area contributed by atoms with Crippen molar-refractivity contribution < 1.29 is 18.7 Å². The molecule has 24 heavy (non-hydrogen) atoms. The summed E-state index contributed by atoms with van der Waals surface area (Å²) in [6.07, 6.45) is 4.82. The summed E-state index contributed by atoms with van der Waals surface area (Å²) in [6.45, 7) is 0.417. The minimum absolute atomic E-state index is 0.122. The standard InChI is InChI=1S/C15H15N5O4/c1-19-13(15(22)23-2)11(8-17-19)18-14(21)12-5-4-10(24-12)9-20-7-3-6-16-20/h3-8H,9H2,1-2H3,(H,18,21). The van der Waals surface area contributed by atoms with E-state index in [-0.39, 0.29) is 17.1 Å². The monoisotopic (exact) mass is 329 g/mol. The van der Waals surface area contributed by atoms with E-state index in [9.17, 15) is 9.59 Å². The topological polar surface area (TPSA) is 104 Å². The summed E-state index contributed by atoms with van der Waals surface area (Å²) in [4.78, 5) is 24.0.